The Labute approximate surface area is 163 Å². The predicted octanol–water partition coefficient (Wildman–Crippen LogP) is 3.93. The van der Waals surface area contributed by atoms with E-state index in [1.54, 1.807) is 25.1 Å². The minimum atomic E-state index is -1.01. The lowest BCUT2D eigenvalue weighted by Crippen LogP contribution is -2.21. The van der Waals surface area contributed by atoms with Crippen molar-refractivity contribution in [2.24, 2.45) is 0 Å². The summed E-state index contributed by atoms with van der Waals surface area (Å²) in [7, 11) is 0. The maximum Gasteiger partial charge on any atom is 0.345 e. The van der Waals surface area contributed by atoms with Crippen LogP contribution in [0.1, 0.15) is 15.9 Å². The molecule has 0 aliphatic heterocycles. The number of carbonyl (C=O) groups is 2. The van der Waals surface area contributed by atoms with Crippen LogP contribution < -0.4 is 5.32 Å². The van der Waals surface area contributed by atoms with Crippen molar-refractivity contribution in [2.45, 2.75) is 11.8 Å². The van der Waals surface area contributed by atoms with Gasteiger partial charge in [0.05, 0.1) is 4.92 Å². The third-order valence-corrected chi connectivity index (χ3v) is 4.16. The Morgan fingerprint density at radius 2 is 2.07 bits per heavy atom. The highest BCUT2D eigenvalue weighted by Crippen LogP contribution is 2.25. The Morgan fingerprint density at radius 1 is 1.33 bits per heavy atom. The number of esters is 1. The third-order valence-electron chi connectivity index (χ3n) is 3.35. The number of nitro groups is 1. The van der Waals surface area contributed by atoms with Crippen molar-refractivity contribution in [1.82, 2.24) is 0 Å². The van der Waals surface area contributed by atoms with Gasteiger partial charge >= 0.3 is 5.97 Å². The van der Waals surface area contributed by atoms with Gasteiger partial charge in [0.15, 0.2) is 6.61 Å². The Hall–Kier alpha value is -3.09. The van der Waals surface area contributed by atoms with Crippen molar-refractivity contribution >= 4 is 46.6 Å². The number of nitrogens with one attached hydrogen (secondary N) is 1. The Bertz CT molecular complexity index is 958. The highest BCUT2D eigenvalue weighted by molar-refractivity contribution is 8.03. The van der Waals surface area contributed by atoms with Crippen LogP contribution in [0.25, 0.3) is 0 Å². The van der Waals surface area contributed by atoms with Crippen LogP contribution in [-0.4, -0.2) is 23.4 Å². The second kappa shape index (κ2) is 9.02. The van der Waals surface area contributed by atoms with Crippen LogP contribution in [0.3, 0.4) is 0 Å². The number of benzene rings is 2. The average Bonchev–Trinajstić information content (AvgIpc) is 2.62. The molecular formula is C17H12ClN3O5S. The minimum Gasteiger partial charge on any atom is -0.452 e. The van der Waals surface area contributed by atoms with E-state index in [2.05, 4.69) is 5.32 Å². The summed E-state index contributed by atoms with van der Waals surface area (Å²) >= 11 is 6.68. The molecular weight excluding hydrogens is 394 g/mol. The summed E-state index contributed by atoms with van der Waals surface area (Å²) in [5.74, 6) is -1.62. The van der Waals surface area contributed by atoms with Crippen molar-refractivity contribution in [2.75, 3.05) is 11.9 Å². The number of hydrogen-bond donors (Lipinski definition) is 1. The standard InChI is InChI=1S/C17H12ClN3O5S/c1-10-6-12(27-9-19)3-5-14(10)20-16(22)8-26-17(23)13-4-2-11(18)7-15(13)21(24)25/h2-7H,8H2,1H3,(H,20,22). The fraction of sp³-hybridized carbons (Fsp3) is 0.118. The van der Waals surface area contributed by atoms with E-state index in [1.165, 1.54) is 6.07 Å². The molecule has 0 heterocycles. The van der Waals surface area contributed by atoms with Crippen molar-refractivity contribution in [3.8, 4) is 5.40 Å². The van der Waals surface area contributed by atoms with Crippen molar-refractivity contribution in [1.29, 1.82) is 5.26 Å². The number of nitro benzene ring substituents is 1. The van der Waals surface area contributed by atoms with E-state index in [-0.39, 0.29) is 10.6 Å². The molecule has 8 nitrogen and oxygen atoms in total. The van der Waals surface area contributed by atoms with Gasteiger partial charge in [0.2, 0.25) is 0 Å². The number of rotatable bonds is 6. The number of hydrogen-bond acceptors (Lipinski definition) is 7. The summed E-state index contributed by atoms with van der Waals surface area (Å²) < 4.78 is 4.85. The predicted molar refractivity (Wildman–Crippen MR) is 99.7 cm³/mol. The summed E-state index contributed by atoms with van der Waals surface area (Å²) in [4.78, 5) is 35.0. The molecule has 1 N–H and O–H groups in total. The lowest BCUT2D eigenvalue weighted by atomic mass is 10.2. The average molecular weight is 406 g/mol. The Kier molecular flexibility index (Phi) is 6.76. The molecule has 10 heteroatoms. The molecule has 1 amide bonds. The van der Waals surface area contributed by atoms with Crippen LogP contribution in [0.15, 0.2) is 41.3 Å². The van der Waals surface area contributed by atoms with Gasteiger partial charge in [-0.25, -0.2) is 4.79 Å². The largest absolute Gasteiger partial charge is 0.452 e. The number of thiocyanates is 1. The number of nitrogens with zero attached hydrogens (tertiary/aromatic N) is 2. The number of thioether (sulfide) groups is 1. The lowest BCUT2D eigenvalue weighted by Gasteiger charge is -2.10. The topological polar surface area (TPSA) is 122 Å². The number of amides is 1. The van der Waals surface area contributed by atoms with Crippen LogP contribution in [0, 0.1) is 27.7 Å². The molecule has 2 rings (SSSR count). The van der Waals surface area contributed by atoms with Crippen LogP contribution in [-0.2, 0) is 9.53 Å². The third kappa shape index (κ3) is 5.44. The molecule has 27 heavy (non-hydrogen) atoms. The molecule has 0 atom stereocenters. The van der Waals surface area contributed by atoms with Gasteiger partial charge in [-0.05, 0) is 54.6 Å². The quantitative estimate of drug-likeness (QED) is 0.254. The van der Waals surface area contributed by atoms with Gasteiger partial charge in [-0.2, -0.15) is 5.26 Å². The van der Waals surface area contributed by atoms with Crippen molar-refractivity contribution in [3.05, 3.63) is 62.7 Å². The molecule has 0 saturated carbocycles. The molecule has 0 saturated heterocycles. The van der Waals surface area contributed by atoms with E-state index in [4.69, 9.17) is 21.6 Å². The molecule has 0 aromatic heterocycles. The Balaban J connectivity index is 2.01. The van der Waals surface area contributed by atoms with Crippen LogP contribution in [0.5, 0.6) is 0 Å². The number of ether oxygens (including phenoxy) is 1. The maximum absolute atomic E-state index is 12.0. The molecule has 0 spiro atoms. The van der Waals surface area contributed by atoms with Crippen LogP contribution in [0.4, 0.5) is 11.4 Å². The normalized spacial score (nSPS) is 9.96. The first kappa shape index (κ1) is 20.2. The van der Waals surface area contributed by atoms with Gasteiger partial charge in [-0.1, -0.05) is 11.6 Å². The van der Waals surface area contributed by atoms with Crippen molar-refractivity contribution in [3.63, 3.8) is 0 Å². The lowest BCUT2D eigenvalue weighted by molar-refractivity contribution is -0.385. The SMILES string of the molecule is Cc1cc(SC#N)ccc1NC(=O)COC(=O)c1ccc(Cl)cc1[N+](=O)[O-]. The molecule has 0 fully saturated rings. The first-order chi connectivity index (χ1) is 12.8. The molecule has 2 aromatic carbocycles. The number of anilines is 1. The van der Waals surface area contributed by atoms with E-state index in [0.717, 1.165) is 34.4 Å². The summed E-state index contributed by atoms with van der Waals surface area (Å²) in [5.41, 5.74) is 0.416. The summed E-state index contributed by atoms with van der Waals surface area (Å²) in [6.07, 6.45) is 0. The molecule has 2 aromatic rings. The fourth-order valence-electron chi connectivity index (χ4n) is 2.12. The van der Waals surface area contributed by atoms with E-state index in [0.29, 0.717) is 5.69 Å². The summed E-state index contributed by atoms with van der Waals surface area (Å²) in [6.45, 7) is 1.13. The highest BCUT2D eigenvalue weighted by Gasteiger charge is 2.22. The zero-order chi connectivity index (χ0) is 20.0. The maximum atomic E-state index is 12.0. The monoisotopic (exact) mass is 405 g/mol. The molecule has 0 unspecified atom stereocenters. The summed E-state index contributed by atoms with van der Waals surface area (Å²) in [6, 6.07) is 8.53. The van der Waals surface area contributed by atoms with Crippen LogP contribution >= 0.6 is 23.4 Å². The zero-order valence-electron chi connectivity index (χ0n) is 13.9. The molecule has 0 aliphatic rings. The van der Waals surface area contributed by atoms with E-state index < -0.39 is 29.1 Å². The second-order valence-corrected chi connectivity index (χ2v) is 6.51. The highest BCUT2D eigenvalue weighted by atomic mass is 35.5. The van der Waals surface area contributed by atoms with Gasteiger partial charge in [-0.15, -0.1) is 0 Å². The van der Waals surface area contributed by atoms with Gasteiger partial charge in [0, 0.05) is 21.7 Å². The first-order valence-corrected chi connectivity index (χ1v) is 8.58. The zero-order valence-corrected chi connectivity index (χ0v) is 15.5. The van der Waals surface area contributed by atoms with Gasteiger partial charge in [-0.3, -0.25) is 14.9 Å². The number of halogens is 1. The second-order valence-electron chi connectivity index (χ2n) is 5.21. The Morgan fingerprint density at radius 3 is 2.70 bits per heavy atom. The molecule has 138 valence electrons. The van der Waals surface area contributed by atoms with E-state index in [1.807, 2.05) is 5.40 Å². The van der Waals surface area contributed by atoms with Crippen LogP contribution in [0.2, 0.25) is 5.02 Å². The molecule has 0 radical (unpaired) electrons. The number of carbonyl (C=O) groups excluding carboxylic acids is 2. The van der Waals surface area contributed by atoms with Gasteiger partial charge < -0.3 is 10.1 Å². The number of aryl methyl sites for hydroxylation is 1. The van der Waals surface area contributed by atoms with E-state index >= 15 is 0 Å². The molecule has 0 aliphatic carbocycles. The first-order valence-electron chi connectivity index (χ1n) is 7.39. The molecule has 0 bridgehead atoms. The number of nitriles is 1. The smallest absolute Gasteiger partial charge is 0.345 e. The fourth-order valence-corrected chi connectivity index (χ4v) is 2.76. The van der Waals surface area contributed by atoms with Gasteiger partial charge in [0.1, 0.15) is 11.0 Å². The van der Waals surface area contributed by atoms with Crippen molar-refractivity contribution < 1.29 is 19.2 Å². The minimum absolute atomic E-state index is 0.101. The van der Waals surface area contributed by atoms with Gasteiger partial charge in [0.25, 0.3) is 11.6 Å². The summed E-state index contributed by atoms with van der Waals surface area (Å²) in [5, 5.41) is 24.3. The van der Waals surface area contributed by atoms with E-state index in [9.17, 15) is 19.7 Å².